The fraction of sp³-hybridized carbons (Fsp3) is 0.316. The molecule has 0 heterocycles. The van der Waals surface area contributed by atoms with Gasteiger partial charge >= 0.3 is 0 Å². The van der Waals surface area contributed by atoms with E-state index in [1.54, 1.807) is 19.1 Å². The van der Waals surface area contributed by atoms with Crippen LogP contribution in [0.5, 0.6) is 5.75 Å². The first-order chi connectivity index (χ1) is 12.2. The largest absolute Gasteiger partial charge is 0.495 e. The average Bonchev–Trinajstić information content (AvgIpc) is 2.62. The fourth-order valence-electron chi connectivity index (χ4n) is 2.51. The Morgan fingerprint density at radius 1 is 1.08 bits per heavy atom. The van der Waals surface area contributed by atoms with Gasteiger partial charge in [-0.25, -0.2) is 8.42 Å². The van der Waals surface area contributed by atoms with Gasteiger partial charge in [-0.05, 0) is 44.0 Å². The van der Waals surface area contributed by atoms with Gasteiger partial charge in [-0.1, -0.05) is 36.4 Å². The van der Waals surface area contributed by atoms with Crippen molar-refractivity contribution in [2.24, 2.45) is 0 Å². The lowest BCUT2D eigenvalue weighted by Gasteiger charge is -2.19. The van der Waals surface area contributed by atoms with E-state index in [1.165, 1.54) is 20.1 Å². The summed E-state index contributed by atoms with van der Waals surface area (Å²) in [5.74, 6) is -0.176. The van der Waals surface area contributed by atoms with Crippen LogP contribution >= 0.6 is 0 Å². The molecular formula is C19H24N2O4S. The zero-order valence-corrected chi connectivity index (χ0v) is 16.1. The van der Waals surface area contributed by atoms with Crippen LogP contribution in [0.25, 0.3) is 0 Å². The summed E-state index contributed by atoms with van der Waals surface area (Å²) in [5.41, 5.74) is 1.72. The second-order valence-electron chi connectivity index (χ2n) is 6.14. The highest BCUT2D eigenvalue weighted by molar-refractivity contribution is 7.89. The van der Waals surface area contributed by atoms with E-state index >= 15 is 0 Å². The molecule has 0 fully saturated rings. The first kappa shape index (κ1) is 19.9. The van der Waals surface area contributed by atoms with E-state index in [9.17, 15) is 13.2 Å². The Balaban J connectivity index is 2.11. The summed E-state index contributed by atoms with van der Waals surface area (Å²) >= 11 is 0. The van der Waals surface area contributed by atoms with Crippen LogP contribution in [0.3, 0.4) is 0 Å². The summed E-state index contributed by atoms with van der Waals surface area (Å²) in [6, 6.07) is 13.2. The second kappa shape index (κ2) is 8.33. The van der Waals surface area contributed by atoms with Gasteiger partial charge in [0.25, 0.3) is 0 Å². The van der Waals surface area contributed by atoms with Gasteiger partial charge in [-0.15, -0.1) is 0 Å². The lowest BCUT2D eigenvalue weighted by molar-refractivity contribution is -0.123. The molecule has 2 N–H and O–H groups in total. The first-order valence-corrected chi connectivity index (χ1v) is 9.75. The molecule has 0 saturated carbocycles. The number of hydrogen-bond acceptors (Lipinski definition) is 4. The van der Waals surface area contributed by atoms with Crippen LogP contribution in [0, 0.1) is 6.92 Å². The Hall–Kier alpha value is -2.38. The zero-order chi connectivity index (χ0) is 19.3. The third-order valence-corrected chi connectivity index (χ3v) is 5.55. The van der Waals surface area contributed by atoms with Gasteiger partial charge in [-0.3, -0.25) is 4.79 Å². The standard InChI is InChI=1S/C19H24N2O4S/c1-13-10-11-17(25-4)18(12-13)26(23,24)21-15(3)19(22)20-14(2)16-8-6-5-7-9-16/h5-12,14-15,21H,1-4H3,(H,20,22)/t14-,15+/m1/s1. The van der Waals surface area contributed by atoms with Gasteiger partial charge in [0.1, 0.15) is 10.6 Å². The van der Waals surface area contributed by atoms with Crippen molar-refractivity contribution in [1.29, 1.82) is 0 Å². The smallest absolute Gasteiger partial charge is 0.244 e. The Labute approximate surface area is 154 Å². The summed E-state index contributed by atoms with van der Waals surface area (Å²) in [6.07, 6.45) is 0. The number of benzene rings is 2. The second-order valence-corrected chi connectivity index (χ2v) is 7.82. The van der Waals surface area contributed by atoms with Crippen LogP contribution in [-0.2, 0) is 14.8 Å². The maximum atomic E-state index is 12.7. The molecule has 0 unspecified atom stereocenters. The molecule has 2 rings (SSSR count). The number of aryl methyl sites for hydroxylation is 1. The topological polar surface area (TPSA) is 84.5 Å². The van der Waals surface area contributed by atoms with Gasteiger partial charge in [-0.2, -0.15) is 4.72 Å². The molecule has 7 heteroatoms. The Kier molecular flexibility index (Phi) is 6.39. The highest BCUT2D eigenvalue weighted by Gasteiger charge is 2.26. The Bertz CT molecular complexity index is 866. The molecule has 26 heavy (non-hydrogen) atoms. The molecule has 140 valence electrons. The Morgan fingerprint density at radius 2 is 1.73 bits per heavy atom. The number of carbonyl (C=O) groups is 1. The average molecular weight is 376 g/mol. The minimum Gasteiger partial charge on any atom is -0.495 e. The summed E-state index contributed by atoms with van der Waals surface area (Å²) in [7, 11) is -2.50. The van der Waals surface area contributed by atoms with E-state index in [2.05, 4.69) is 10.0 Å². The fourth-order valence-corrected chi connectivity index (χ4v) is 3.96. The van der Waals surface area contributed by atoms with Crippen LogP contribution in [-0.4, -0.2) is 27.5 Å². The molecular weight excluding hydrogens is 352 g/mol. The highest BCUT2D eigenvalue weighted by atomic mass is 32.2. The summed E-state index contributed by atoms with van der Waals surface area (Å²) in [4.78, 5) is 12.4. The molecule has 2 aromatic carbocycles. The first-order valence-electron chi connectivity index (χ1n) is 8.27. The van der Waals surface area contributed by atoms with Crippen molar-refractivity contribution < 1.29 is 17.9 Å². The summed E-state index contributed by atoms with van der Waals surface area (Å²) in [5, 5.41) is 2.81. The number of carbonyl (C=O) groups excluding carboxylic acids is 1. The van der Waals surface area contributed by atoms with Gasteiger partial charge in [0, 0.05) is 0 Å². The maximum absolute atomic E-state index is 12.7. The number of sulfonamides is 1. The Morgan fingerprint density at radius 3 is 2.35 bits per heavy atom. The van der Waals surface area contributed by atoms with Crippen molar-refractivity contribution in [3.63, 3.8) is 0 Å². The van der Waals surface area contributed by atoms with Gasteiger partial charge in [0.05, 0.1) is 19.2 Å². The predicted molar refractivity (Wildman–Crippen MR) is 101 cm³/mol. The number of methoxy groups -OCH3 is 1. The van der Waals surface area contributed by atoms with E-state index in [0.717, 1.165) is 11.1 Å². The van der Waals surface area contributed by atoms with E-state index in [4.69, 9.17) is 4.74 Å². The van der Waals surface area contributed by atoms with Gasteiger partial charge in [0.15, 0.2) is 0 Å². The van der Waals surface area contributed by atoms with Crippen LogP contribution in [0.1, 0.15) is 31.0 Å². The van der Waals surface area contributed by atoms with Crippen molar-refractivity contribution >= 4 is 15.9 Å². The van der Waals surface area contributed by atoms with Crippen LogP contribution in [0.15, 0.2) is 53.4 Å². The zero-order valence-electron chi connectivity index (χ0n) is 15.3. The lowest BCUT2D eigenvalue weighted by Crippen LogP contribution is -2.45. The van der Waals surface area contributed by atoms with Crippen molar-refractivity contribution in [2.75, 3.05) is 7.11 Å². The summed E-state index contributed by atoms with van der Waals surface area (Å²) < 4.78 is 32.9. The van der Waals surface area contributed by atoms with Crippen molar-refractivity contribution in [1.82, 2.24) is 10.0 Å². The number of rotatable bonds is 7. The molecule has 2 atom stereocenters. The highest BCUT2D eigenvalue weighted by Crippen LogP contribution is 2.24. The predicted octanol–water partition coefficient (Wildman–Crippen LogP) is 2.55. The number of hydrogen-bond donors (Lipinski definition) is 2. The minimum atomic E-state index is -3.91. The van der Waals surface area contributed by atoms with Crippen molar-refractivity contribution in [2.45, 2.75) is 37.8 Å². The number of nitrogens with one attached hydrogen (secondary N) is 2. The minimum absolute atomic E-state index is 0.00996. The monoisotopic (exact) mass is 376 g/mol. The SMILES string of the molecule is COc1ccc(C)cc1S(=O)(=O)N[C@@H](C)C(=O)N[C@H](C)c1ccccc1. The van der Waals surface area contributed by atoms with Crippen LogP contribution in [0.4, 0.5) is 0 Å². The van der Waals surface area contributed by atoms with Gasteiger partial charge in [0.2, 0.25) is 15.9 Å². The molecule has 0 spiro atoms. The molecule has 0 radical (unpaired) electrons. The summed E-state index contributed by atoms with van der Waals surface area (Å²) in [6.45, 7) is 5.14. The third kappa shape index (κ3) is 4.83. The van der Waals surface area contributed by atoms with E-state index in [1.807, 2.05) is 37.3 Å². The molecule has 0 aliphatic rings. The van der Waals surface area contributed by atoms with E-state index in [-0.39, 0.29) is 16.7 Å². The molecule has 0 aliphatic carbocycles. The van der Waals surface area contributed by atoms with E-state index < -0.39 is 22.0 Å². The molecule has 0 aliphatic heterocycles. The molecule has 2 aromatic rings. The van der Waals surface area contributed by atoms with Gasteiger partial charge < -0.3 is 10.1 Å². The lowest BCUT2D eigenvalue weighted by atomic mass is 10.1. The molecule has 0 aromatic heterocycles. The molecule has 0 bridgehead atoms. The molecule has 1 amide bonds. The maximum Gasteiger partial charge on any atom is 0.244 e. The molecule has 6 nitrogen and oxygen atoms in total. The van der Waals surface area contributed by atoms with Crippen molar-refractivity contribution in [3.05, 3.63) is 59.7 Å². The number of amides is 1. The third-order valence-electron chi connectivity index (χ3n) is 3.99. The van der Waals surface area contributed by atoms with E-state index in [0.29, 0.717) is 0 Å². The van der Waals surface area contributed by atoms with Crippen LogP contribution < -0.4 is 14.8 Å². The van der Waals surface area contributed by atoms with Crippen LogP contribution in [0.2, 0.25) is 0 Å². The normalized spacial score (nSPS) is 13.7. The van der Waals surface area contributed by atoms with Crippen molar-refractivity contribution in [3.8, 4) is 5.75 Å². The molecule has 0 saturated heterocycles. The quantitative estimate of drug-likeness (QED) is 0.778. The number of ether oxygens (including phenoxy) is 1.